The normalized spacial score (nSPS) is 17.9. The number of hydrogen-bond acceptors (Lipinski definition) is 5. The number of hydrogen-bond donors (Lipinski definition) is 1. The molecule has 2 aromatic carbocycles. The van der Waals surface area contributed by atoms with E-state index in [4.69, 9.17) is 9.47 Å². The molecule has 0 aliphatic carbocycles. The van der Waals surface area contributed by atoms with Crippen LogP contribution in [0.4, 0.5) is 0 Å². The second-order valence-electron chi connectivity index (χ2n) is 7.59. The maximum atomic E-state index is 12.9. The average molecular weight is 431 g/mol. The molecule has 160 valence electrons. The Kier molecular flexibility index (Phi) is 5.97. The van der Waals surface area contributed by atoms with Gasteiger partial charge in [-0.05, 0) is 55.7 Å². The van der Waals surface area contributed by atoms with Gasteiger partial charge >= 0.3 is 0 Å². The van der Waals surface area contributed by atoms with Gasteiger partial charge in [0.05, 0.1) is 10.9 Å². The van der Waals surface area contributed by atoms with Crippen molar-refractivity contribution in [3.8, 4) is 11.5 Å². The maximum Gasteiger partial charge on any atom is 0.251 e. The van der Waals surface area contributed by atoms with Gasteiger partial charge in [0, 0.05) is 18.7 Å². The SMILES string of the molecule is C[C@@H](NC(=O)c1cccc(S(=O)(=O)N2CCCCC2)c1)c1ccc2c(c1)OCCO2. The smallest absolute Gasteiger partial charge is 0.251 e. The fourth-order valence-electron chi connectivity index (χ4n) is 3.74. The van der Waals surface area contributed by atoms with Crippen molar-refractivity contribution in [1.29, 1.82) is 0 Å². The van der Waals surface area contributed by atoms with Crippen molar-refractivity contribution in [1.82, 2.24) is 9.62 Å². The first kappa shape index (κ1) is 20.7. The number of fused-ring (bicyclic) bond motifs is 1. The molecule has 4 rings (SSSR count). The predicted octanol–water partition coefficient (Wildman–Crippen LogP) is 3.12. The molecule has 1 N–H and O–H groups in total. The van der Waals surface area contributed by atoms with Crippen LogP contribution >= 0.6 is 0 Å². The molecule has 1 amide bonds. The minimum absolute atomic E-state index is 0.157. The van der Waals surface area contributed by atoms with Crippen molar-refractivity contribution in [3.63, 3.8) is 0 Å². The highest BCUT2D eigenvalue weighted by Crippen LogP contribution is 2.32. The summed E-state index contributed by atoms with van der Waals surface area (Å²) >= 11 is 0. The number of carbonyl (C=O) groups is 1. The van der Waals surface area contributed by atoms with E-state index in [1.165, 1.54) is 10.4 Å². The Morgan fingerprint density at radius 2 is 1.73 bits per heavy atom. The molecule has 30 heavy (non-hydrogen) atoms. The van der Waals surface area contributed by atoms with Crippen LogP contribution in [0, 0.1) is 0 Å². The van der Waals surface area contributed by atoms with E-state index >= 15 is 0 Å². The molecule has 2 aliphatic rings. The predicted molar refractivity (Wildman–Crippen MR) is 112 cm³/mol. The Morgan fingerprint density at radius 1 is 1.00 bits per heavy atom. The lowest BCUT2D eigenvalue weighted by atomic mass is 10.1. The van der Waals surface area contributed by atoms with E-state index in [0.29, 0.717) is 43.4 Å². The van der Waals surface area contributed by atoms with Crippen molar-refractivity contribution in [2.75, 3.05) is 26.3 Å². The minimum Gasteiger partial charge on any atom is -0.486 e. The first-order chi connectivity index (χ1) is 14.4. The van der Waals surface area contributed by atoms with E-state index < -0.39 is 10.0 Å². The third-order valence-electron chi connectivity index (χ3n) is 5.46. The Labute approximate surface area is 177 Å². The minimum atomic E-state index is -3.59. The standard InChI is InChI=1S/C22H26N2O5S/c1-16(17-8-9-20-21(15-17)29-13-12-28-20)23-22(25)18-6-5-7-19(14-18)30(26,27)24-10-3-2-4-11-24/h5-9,14-16H,2-4,10-13H2,1H3,(H,23,25)/t16-/m1/s1. The number of sulfonamides is 1. The summed E-state index contributed by atoms with van der Waals surface area (Å²) in [5, 5.41) is 2.93. The monoisotopic (exact) mass is 430 g/mol. The quantitative estimate of drug-likeness (QED) is 0.788. The molecule has 8 heteroatoms. The molecule has 2 aromatic rings. The Balaban J connectivity index is 1.49. The van der Waals surface area contributed by atoms with Crippen molar-refractivity contribution in [2.45, 2.75) is 37.1 Å². The molecule has 0 saturated carbocycles. The zero-order chi connectivity index (χ0) is 21.1. The molecular weight excluding hydrogens is 404 g/mol. The zero-order valence-electron chi connectivity index (χ0n) is 17.0. The van der Waals surface area contributed by atoms with Gasteiger partial charge in [0.15, 0.2) is 11.5 Å². The van der Waals surface area contributed by atoms with Gasteiger partial charge in [-0.3, -0.25) is 4.79 Å². The van der Waals surface area contributed by atoms with Gasteiger partial charge in [0.25, 0.3) is 5.91 Å². The molecule has 0 radical (unpaired) electrons. The number of benzene rings is 2. The molecule has 0 bridgehead atoms. The third-order valence-corrected chi connectivity index (χ3v) is 7.36. The van der Waals surface area contributed by atoms with Crippen LogP contribution in [0.25, 0.3) is 0 Å². The summed E-state index contributed by atoms with van der Waals surface area (Å²) in [6.07, 6.45) is 2.78. The number of piperidine rings is 1. The molecule has 1 atom stereocenters. The summed E-state index contributed by atoms with van der Waals surface area (Å²) in [7, 11) is -3.59. The molecule has 2 heterocycles. The van der Waals surface area contributed by atoms with Crippen LogP contribution < -0.4 is 14.8 Å². The van der Waals surface area contributed by atoms with Crippen molar-refractivity contribution in [3.05, 3.63) is 53.6 Å². The molecule has 0 unspecified atom stereocenters. The summed E-state index contributed by atoms with van der Waals surface area (Å²) < 4.78 is 38.5. The Hall–Kier alpha value is -2.58. The lowest BCUT2D eigenvalue weighted by Gasteiger charge is -2.26. The topological polar surface area (TPSA) is 84.9 Å². The van der Waals surface area contributed by atoms with E-state index in [1.807, 2.05) is 25.1 Å². The third kappa shape index (κ3) is 4.29. The molecular formula is C22H26N2O5S. The van der Waals surface area contributed by atoms with Gasteiger partial charge < -0.3 is 14.8 Å². The fourth-order valence-corrected chi connectivity index (χ4v) is 5.31. The largest absolute Gasteiger partial charge is 0.486 e. The molecule has 0 spiro atoms. The number of rotatable bonds is 5. The van der Waals surface area contributed by atoms with Crippen LogP contribution in [0.3, 0.4) is 0 Å². The molecule has 0 aromatic heterocycles. The summed E-state index contributed by atoms with van der Waals surface area (Å²) in [5.74, 6) is 1.03. The Bertz CT molecular complexity index is 1030. The molecule has 2 aliphatic heterocycles. The molecule has 1 saturated heterocycles. The summed E-state index contributed by atoms with van der Waals surface area (Å²) in [5.41, 5.74) is 1.20. The number of nitrogens with zero attached hydrogens (tertiary/aromatic N) is 1. The van der Waals surface area contributed by atoms with Gasteiger partial charge in [0.1, 0.15) is 13.2 Å². The zero-order valence-corrected chi connectivity index (χ0v) is 17.8. The fraction of sp³-hybridized carbons (Fsp3) is 0.409. The van der Waals surface area contributed by atoms with E-state index in [0.717, 1.165) is 24.8 Å². The van der Waals surface area contributed by atoms with Crippen molar-refractivity contribution >= 4 is 15.9 Å². The van der Waals surface area contributed by atoms with Crippen LogP contribution in [-0.4, -0.2) is 44.9 Å². The van der Waals surface area contributed by atoms with E-state index in [1.54, 1.807) is 18.2 Å². The first-order valence-corrected chi connectivity index (χ1v) is 11.7. The van der Waals surface area contributed by atoms with Gasteiger partial charge in [-0.2, -0.15) is 4.31 Å². The maximum absolute atomic E-state index is 12.9. The lowest BCUT2D eigenvalue weighted by molar-refractivity contribution is 0.0939. The first-order valence-electron chi connectivity index (χ1n) is 10.3. The highest BCUT2D eigenvalue weighted by molar-refractivity contribution is 7.89. The number of ether oxygens (including phenoxy) is 2. The molecule has 1 fully saturated rings. The van der Waals surface area contributed by atoms with E-state index in [2.05, 4.69) is 5.32 Å². The van der Waals surface area contributed by atoms with Crippen LogP contribution in [0.15, 0.2) is 47.4 Å². The summed E-state index contributed by atoms with van der Waals surface area (Å²) in [4.78, 5) is 13.0. The summed E-state index contributed by atoms with van der Waals surface area (Å²) in [6.45, 7) is 3.95. The number of nitrogens with one attached hydrogen (secondary N) is 1. The second kappa shape index (κ2) is 8.65. The second-order valence-corrected chi connectivity index (χ2v) is 9.53. The molecule has 7 nitrogen and oxygen atoms in total. The lowest BCUT2D eigenvalue weighted by Crippen LogP contribution is -2.35. The van der Waals surface area contributed by atoms with Gasteiger partial charge in [-0.25, -0.2) is 8.42 Å². The highest BCUT2D eigenvalue weighted by Gasteiger charge is 2.26. The summed E-state index contributed by atoms with van der Waals surface area (Å²) in [6, 6.07) is 11.5. The van der Waals surface area contributed by atoms with Crippen LogP contribution in [0.1, 0.15) is 48.1 Å². The van der Waals surface area contributed by atoms with Crippen LogP contribution in [0.2, 0.25) is 0 Å². The van der Waals surface area contributed by atoms with Crippen molar-refractivity contribution < 1.29 is 22.7 Å². The highest BCUT2D eigenvalue weighted by atomic mass is 32.2. The van der Waals surface area contributed by atoms with Crippen molar-refractivity contribution in [2.24, 2.45) is 0 Å². The van der Waals surface area contributed by atoms with Gasteiger partial charge in [-0.1, -0.05) is 18.6 Å². The van der Waals surface area contributed by atoms with Gasteiger partial charge in [-0.15, -0.1) is 0 Å². The number of carbonyl (C=O) groups excluding carboxylic acids is 1. The van der Waals surface area contributed by atoms with Crippen LogP contribution in [-0.2, 0) is 10.0 Å². The van der Waals surface area contributed by atoms with Gasteiger partial charge in [0.2, 0.25) is 10.0 Å². The van der Waals surface area contributed by atoms with Crippen LogP contribution in [0.5, 0.6) is 11.5 Å². The van der Waals surface area contributed by atoms with E-state index in [-0.39, 0.29) is 16.8 Å². The van der Waals surface area contributed by atoms with E-state index in [9.17, 15) is 13.2 Å². The average Bonchev–Trinajstić information content (AvgIpc) is 2.79. The number of amides is 1. The Morgan fingerprint density at radius 3 is 2.50 bits per heavy atom.